The first-order valence-corrected chi connectivity index (χ1v) is 8.37. The van der Waals surface area contributed by atoms with E-state index in [1.165, 1.54) is 11.3 Å². The molecule has 0 fully saturated rings. The van der Waals surface area contributed by atoms with Gasteiger partial charge in [0.15, 0.2) is 12.7 Å². The number of aromatic nitrogens is 2. The van der Waals surface area contributed by atoms with Crippen LogP contribution in [0.2, 0.25) is 0 Å². The molecule has 0 radical (unpaired) electrons. The molecule has 0 amide bonds. The van der Waals surface area contributed by atoms with Crippen LogP contribution in [-0.4, -0.2) is 29.3 Å². The summed E-state index contributed by atoms with van der Waals surface area (Å²) in [7, 11) is 1.58. The Morgan fingerprint density at radius 3 is 2.68 bits per heavy atom. The number of thiophene rings is 1. The van der Waals surface area contributed by atoms with Gasteiger partial charge >= 0.3 is 5.97 Å². The molecule has 3 aromatic rings. The van der Waals surface area contributed by atoms with E-state index >= 15 is 0 Å². The van der Waals surface area contributed by atoms with Gasteiger partial charge in [0, 0.05) is 0 Å². The van der Waals surface area contributed by atoms with Crippen LogP contribution in [-0.2, 0) is 16.1 Å². The number of hydrogen-bond donors (Lipinski definition) is 0. The van der Waals surface area contributed by atoms with Crippen LogP contribution in [0.1, 0.15) is 12.7 Å². The Bertz CT molecular complexity index is 814. The van der Waals surface area contributed by atoms with Crippen molar-refractivity contribution in [2.45, 2.75) is 19.6 Å². The average molecular weight is 360 g/mol. The molecule has 2 heterocycles. The Morgan fingerprint density at radius 2 is 2.00 bits per heavy atom. The van der Waals surface area contributed by atoms with Crippen molar-refractivity contribution in [3.05, 3.63) is 47.6 Å². The highest BCUT2D eigenvalue weighted by molar-refractivity contribution is 7.13. The van der Waals surface area contributed by atoms with Gasteiger partial charge in [-0.15, -0.1) is 11.3 Å². The normalized spacial score (nSPS) is 11.8. The molecule has 0 saturated carbocycles. The number of methoxy groups -OCH3 is 1. The molecule has 1 unspecified atom stereocenters. The fraction of sp³-hybridized carbons (Fsp3) is 0.235. The van der Waals surface area contributed by atoms with E-state index in [0.29, 0.717) is 23.2 Å². The Balaban J connectivity index is 1.51. The minimum absolute atomic E-state index is 0.0793. The highest BCUT2D eigenvalue weighted by Crippen LogP contribution is 2.22. The highest BCUT2D eigenvalue weighted by atomic mass is 32.1. The second kappa shape index (κ2) is 7.80. The highest BCUT2D eigenvalue weighted by Gasteiger charge is 2.18. The number of carbonyl (C=O) groups is 1. The third-order valence-corrected chi connectivity index (χ3v) is 4.11. The number of rotatable bonds is 7. The van der Waals surface area contributed by atoms with Gasteiger partial charge < -0.3 is 18.7 Å². The number of benzene rings is 1. The molecule has 2 aromatic heterocycles. The van der Waals surface area contributed by atoms with Crippen LogP contribution in [0.3, 0.4) is 0 Å². The number of hydrogen-bond acceptors (Lipinski definition) is 8. The summed E-state index contributed by atoms with van der Waals surface area (Å²) in [6, 6.07) is 10.7. The predicted molar refractivity (Wildman–Crippen MR) is 90.5 cm³/mol. The third-order valence-electron chi connectivity index (χ3n) is 3.25. The SMILES string of the molecule is COc1ccc(OC(C)C(=O)OCc2noc(-c3cccs3)n2)cc1. The minimum atomic E-state index is -0.767. The molecular weight excluding hydrogens is 344 g/mol. The van der Waals surface area contributed by atoms with Crippen LogP contribution in [0, 0.1) is 0 Å². The fourth-order valence-electron chi connectivity index (χ4n) is 1.97. The number of carbonyl (C=O) groups excluding carboxylic acids is 1. The van der Waals surface area contributed by atoms with Gasteiger partial charge in [-0.2, -0.15) is 4.98 Å². The van der Waals surface area contributed by atoms with E-state index < -0.39 is 12.1 Å². The lowest BCUT2D eigenvalue weighted by molar-refractivity contribution is -0.152. The van der Waals surface area contributed by atoms with E-state index in [2.05, 4.69) is 10.1 Å². The Hall–Kier alpha value is -2.87. The molecule has 0 aliphatic rings. The first kappa shape index (κ1) is 17.0. The minimum Gasteiger partial charge on any atom is -0.497 e. The summed E-state index contributed by atoms with van der Waals surface area (Å²) in [5.41, 5.74) is 0. The number of ether oxygens (including phenoxy) is 3. The largest absolute Gasteiger partial charge is 0.497 e. The van der Waals surface area contributed by atoms with E-state index in [1.807, 2.05) is 17.5 Å². The van der Waals surface area contributed by atoms with Crippen molar-refractivity contribution >= 4 is 17.3 Å². The average Bonchev–Trinajstić information content (AvgIpc) is 3.31. The van der Waals surface area contributed by atoms with Gasteiger partial charge in [0.1, 0.15) is 11.5 Å². The predicted octanol–water partition coefficient (Wildman–Crippen LogP) is 3.32. The van der Waals surface area contributed by atoms with Gasteiger partial charge in [0.25, 0.3) is 5.89 Å². The lowest BCUT2D eigenvalue weighted by atomic mass is 10.3. The number of esters is 1. The topological polar surface area (TPSA) is 83.7 Å². The maximum Gasteiger partial charge on any atom is 0.347 e. The molecule has 1 aromatic carbocycles. The zero-order chi connectivity index (χ0) is 17.6. The Kier molecular flexibility index (Phi) is 5.30. The molecule has 0 N–H and O–H groups in total. The van der Waals surface area contributed by atoms with Gasteiger partial charge in [-0.3, -0.25) is 0 Å². The molecule has 130 valence electrons. The first-order chi connectivity index (χ1) is 12.2. The quantitative estimate of drug-likeness (QED) is 0.598. The van der Waals surface area contributed by atoms with Crippen molar-refractivity contribution in [3.8, 4) is 22.3 Å². The van der Waals surface area contributed by atoms with E-state index in [1.54, 1.807) is 38.3 Å². The monoisotopic (exact) mass is 360 g/mol. The van der Waals surface area contributed by atoms with Crippen molar-refractivity contribution in [1.29, 1.82) is 0 Å². The lowest BCUT2D eigenvalue weighted by Gasteiger charge is -2.13. The van der Waals surface area contributed by atoms with Crippen LogP contribution < -0.4 is 9.47 Å². The summed E-state index contributed by atoms with van der Waals surface area (Å²) in [6.07, 6.45) is -0.767. The van der Waals surface area contributed by atoms with E-state index in [4.69, 9.17) is 18.7 Å². The second-order valence-corrected chi connectivity index (χ2v) is 5.98. The second-order valence-electron chi connectivity index (χ2n) is 5.04. The van der Waals surface area contributed by atoms with Gasteiger partial charge in [-0.05, 0) is 42.6 Å². The van der Waals surface area contributed by atoms with Crippen LogP contribution in [0.5, 0.6) is 11.5 Å². The Morgan fingerprint density at radius 1 is 1.24 bits per heavy atom. The molecule has 0 saturated heterocycles. The summed E-state index contributed by atoms with van der Waals surface area (Å²) in [5.74, 6) is 1.45. The van der Waals surface area contributed by atoms with Crippen molar-refractivity contribution < 1.29 is 23.5 Å². The first-order valence-electron chi connectivity index (χ1n) is 7.49. The van der Waals surface area contributed by atoms with Crippen LogP contribution in [0.25, 0.3) is 10.8 Å². The fourth-order valence-corrected chi connectivity index (χ4v) is 2.62. The van der Waals surface area contributed by atoms with E-state index in [0.717, 1.165) is 4.88 Å². The zero-order valence-corrected chi connectivity index (χ0v) is 14.5. The standard InChI is InChI=1S/C17H16N2O5S/c1-11(23-13-7-5-12(21-2)6-8-13)17(20)22-10-15-18-16(24-19-15)14-4-3-9-25-14/h3-9,11H,10H2,1-2H3. The summed E-state index contributed by atoms with van der Waals surface area (Å²) < 4.78 is 20.9. The van der Waals surface area contributed by atoms with Crippen LogP contribution >= 0.6 is 11.3 Å². The molecule has 1 atom stereocenters. The molecule has 7 nitrogen and oxygen atoms in total. The van der Waals surface area contributed by atoms with Gasteiger partial charge in [-0.25, -0.2) is 4.79 Å². The van der Waals surface area contributed by atoms with Crippen molar-refractivity contribution in [2.24, 2.45) is 0 Å². The summed E-state index contributed by atoms with van der Waals surface area (Å²) in [5, 5.41) is 5.71. The lowest BCUT2D eigenvalue weighted by Crippen LogP contribution is -2.26. The van der Waals surface area contributed by atoms with E-state index in [-0.39, 0.29) is 6.61 Å². The van der Waals surface area contributed by atoms with Gasteiger partial charge in [0.2, 0.25) is 5.82 Å². The molecule has 0 spiro atoms. The van der Waals surface area contributed by atoms with Crippen LogP contribution in [0.15, 0.2) is 46.3 Å². The molecule has 3 rings (SSSR count). The zero-order valence-electron chi connectivity index (χ0n) is 13.7. The van der Waals surface area contributed by atoms with Gasteiger partial charge in [0.05, 0.1) is 12.0 Å². The molecular formula is C17H16N2O5S. The van der Waals surface area contributed by atoms with Crippen molar-refractivity contribution in [1.82, 2.24) is 10.1 Å². The third kappa shape index (κ3) is 4.36. The van der Waals surface area contributed by atoms with E-state index in [9.17, 15) is 4.79 Å². The summed E-state index contributed by atoms with van der Waals surface area (Å²) in [6.45, 7) is 1.53. The van der Waals surface area contributed by atoms with Gasteiger partial charge in [-0.1, -0.05) is 11.2 Å². The molecule has 8 heteroatoms. The van der Waals surface area contributed by atoms with Crippen LogP contribution in [0.4, 0.5) is 0 Å². The molecule has 0 aliphatic carbocycles. The molecule has 25 heavy (non-hydrogen) atoms. The summed E-state index contributed by atoms with van der Waals surface area (Å²) >= 11 is 1.49. The maximum atomic E-state index is 12.0. The number of nitrogens with zero attached hydrogens (tertiary/aromatic N) is 2. The van der Waals surface area contributed by atoms with Crippen molar-refractivity contribution in [2.75, 3.05) is 7.11 Å². The smallest absolute Gasteiger partial charge is 0.347 e. The summed E-state index contributed by atoms with van der Waals surface area (Å²) in [4.78, 5) is 17.1. The molecule has 0 bridgehead atoms. The molecule has 0 aliphatic heterocycles. The Labute approximate surface area is 148 Å². The van der Waals surface area contributed by atoms with Crippen molar-refractivity contribution in [3.63, 3.8) is 0 Å². The maximum absolute atomic E-state index is 12.0.